The third-order valence-corrected chi connectivity index (χ3v) is 8.35. The zero-order chi connectivity index (χ0) is 26.4. The molecule has 6 nitrogen and oxygen atoms in total. The van der Waals surface area contributed by atoms with Crippen molar-refractivity contribution in [2.24, 2.45) is 0 Å². The molecular formula is C26H57NO5P2. The van der Waals surface area contributed by atoms with Gasteiger partial charge in [-0.3, -0.25) is 4.90 Å². The molecule has 0 aliphatic heterocycles. The molecule has 0 aromatic heterocycles. The van der Waals surface area contributed by atoms with Crippen molar-refractivity contribution < 1.29 is 23.7 Å². The van der Waals surface area contributed by atoms with Gasteiger partial charge in [0.1, 0.15) is 6.23 Å². The molecule has 8 heteroatoms. The summed E-state index contributed by atoms with van der Waals surface area (Å²) in [6.45, 7) is 27.8. The van der Waals surface area contributed by atoms with E-state index >= 15 is 0 Å². The highest BCUT2D eigenvalue weighted by Gasteiger charge is 2.34. The first kappa shape index (κ1) is 34.6. The van der Waals surface area contributed by atoms with Crippen LogP contribution in [0.5, 0.6) is 0 Å². The van der Waals surface area contributed by atoms with E-state index in [2.05, 4.69) is 88.0 Å². The number of rotatable bonds is 21. The summed E-state index contributed by atoms with van der Waals surface area (Å²) in [6.07, 6.45) is 4.33. The summed E-state index contributed by atoms with van der Waals surface area (Å²) in [4.78, 5) is 2.44. The van der Waals surface area contributed by atoms with Crippen molar-refractivity contribution in [3.63, 3.8) is 0 Å². The van der Waals surface area contributed by atoms with Crippen LogP contribution in [0.2, 0.25) is 0 Å². The Bertz CT molecular complexity index is 448. The van der Waals surface area contributed by atoms with Crippen molar-refractivity contribution in [2.45, 2.75) is 138 Å². The molecule has 3 atom stereocenters. The first-order valence-electron chi connectivity index (χ1n) is 13.4. The molecular weight excluding hydrogens is 468 g/mol. The monoisotopic (exact) mass is 525 g/mol. The first-order valence-corrected chi connectivity index (χ1v) is 15.8. The van der Waals surface area contributed by atoms with Gasteiger partial charge in [-0.2, -0.15) is 0 Å². The number of nitrogens with zero attached hydrogens (tertiary/aromatic N) is 1. The van der Waals surface area contributed by atoms with E-state index in [1.807, 2.05) is 0 Å². The van der Waals surface area contributed by atoms with E-state index in [0.717, 1.165) is 38.3 Å². The molecule has 3 unspecified atom stereocenters. The van der Waals surface area contributed by atoms with Crippen LogP contribution in [0.25, 0.3) is 0 Å². The first-order chi connectivity index (χ1) is 15.8. The van der Waals surface area contributed by atoms with Crippen molar-refractivity contribution in [3.05, 3.63) is 0 Å². The van der Waals surface area contributed by atoms with E-state index in [1.54, 1.807) is 0 Å². The molecule has 0 saturated heterocycles. The van der Waals surface area contributed by atoms with Gasteiger partial charge in [-0.15, -0.1) is 0 Å². The van der Waals surface area contributed by atoms with Crippen LogP contribution in [-0.2, 0) is 23.7 Å². The zero-order valence-electron chi connectivity index (χ0n) is 24.3. The fourth-order valence-corrected chi connectivity index (χ4v) is 7.27. The Morgan fingerprint density at radius 3 is 1.15 bits per heavy atom. The molecule has 0 aromatic carbocycles. The molecule has 0 radical (unpaired) electrons. The number of hydrogen-bond acceptors (Lipinski definition) is 6. The van der Waals surface area contributed by atoms with Crippen LogP contribution >= 0.6 is 17.2 Å². The molecule has 0 spiro atoms. The van der Waals surface area contributed by atoms with Crippen molar-refractivity contribution in [1.82, 2.24) is 4.90 Å². The summed E-state index contributed by atoms with van der Waals surface area (Å²) < 4.78 is 31.2. The minimum absolute atomic E-state index is 0.0701. The molecule has 0 aliphatic rings. The van der Waals surface area contributed by atoms with Crippen LogP contribution in [-0.4, -0.2) is 78.6 Å². The van der Waals surface area contributed by atoms with E-state index in [-0.39, 0.29) is 30.6 Å². The summed E-state index contributed by atoms with van der Waals surface area (Å²) in [7, 11) is 1.13. The molecule has 0 aromatic rings. The van der Waals surface area contributed by atoms with Gasteiger partial charge in [0.15, 0.2) is 11.1 Å². The smallest absolute Gasteiger partial charge is 0.184 e. The molecule has 0 amide bonds. The van der Waals surface area contributed by atoms with Crippen molar-refractivity contribution in [1.29, 1.82) is 0 Å². The van der Waals surface area contributed by atoms with Crippen molar-refractivity contribution in [2.75, 3.05) is 32.0 Å². The van der Waals surface area contributed by atoms with Crippen molar-refractivity contribution >= 4 is 17.2 Å². The second-order valence-electron chi connectivity index (χ2n) is 9.82. The molecule has 0 fully saturated rings. The lowest BCUT2D eigenvalue weighted by atomic mass is 10.4. The number of ether oxygens (including phenoxy) is 5. The average Bonchev–Trinajstić information content (AvgIpc) is 2.70. The third-order valence-electron chi connectivity index (χ3n) is 5.14. The van der Waals surface area contributed by atoms with Crippen LogP contribution in [0.4, 0.5) is 0 Å². The maximum atomic E-state index is 6.31. The highest BCUT2D eigenvalue weighted by molar-refractivity contribution is 7.39. The lowest BCUT2D eigenvalue weighted by molar-refractivity contribution is -0.211. The van der Waals surface area contributed by atoms with E-state index in [9.17, 15) is 0 Å². The summed E-state index contributed by atoms with van der Waals surface area (Å²) in [5, 5.41) is 0. The zero-order valence-corrected chi connectivity index (χ0v) is 26.3. The minimum Gasteiger partial charge on any atom is -0.364 e. The van der Waals surface area contributed by atoms with Gasteiger partial charge in [0, 0.05) is 32.5 Å². The van der Waals surface area contributed by atoms with Crippen molar-refractivity contribution in [3.8, 4) is 0 Å². The predicted octanol–water partition coefficient (Wildman–Crippen LogP) is 6.86. The lowest BCUT2D eigenvalue weighted by Gasteiger charge is -2.38. The fraction of sp³-hybridized carbons (Fsp3) is 1.00. The lowest BCUT2D eigenvalue weighted by Crippen LogP contribution is -2.41. The van der Waals surface area contributed by atoms with E-state index < -0.39 is 11.1 Å². The molecule has 206 valence electrons. The Balaban J connectivity index is 5.23. The topological polar surface area (TPSA) is 49.4 Å². The standard InChI is InChI=1S/C26H57NO5P2/c1-13-25(29-20(4)5,30-21(6)7)33-18-16-27(24(12)28-15-3)17-19-34-26(14-2,31-22(8)9)32-23(10)11/h20-24,33-34H,13-19H2,1-12H3. The second kappa shape index (κ2) is 18.0. The molecule has 0 aliphatic carbocycles. The van der Waals surface area contributed by atoms with Crippen LogP contribution in [0.15, 0.2) is 0 Å². The molecule has 0 heterocycles. The quantitative estimate of drug-likeness (QED) is 0.121. The minimum atomic E-state index is -0.502. The molecule has 0 bridgehead atoms. The largest absolute Gasteiger partial charge is 0.364 e. The van der Waals surface area contributed by atoms with E-state index in [1.165, 1.54) is 0 Å². The van der Waals surface area contributed by atoms with Crippen LogP contribution in [0.3, 0.4) is 0 Å². The molecule has 0 saturated carbocycles. The van der Waals surface area contributed by atoms with Crippen LogP contribution < -0.4 is 0 Å². The highest BCUT2D eigenvalue weighted by atomic mass is 31.1. The Kier molecular flexibility index (Phi) is 18.3. The van der Waals surface area contributed by atoms with Gasteiger partial charge in [0.25, 0.3) is 0 Å². The van der Waals surface area contributed by atoms with Gasteiger partial charge in [-0.25, -0.2) is 0 Å². The van der Waals surface area contributed by atoms with Gasteiger partial charge in [0.2, 0.25) is 0 Å². The summed E-state index contributed by atoms with van der Waals surface area (Å²) in [5.41, 5.74) is -1.00. The van der Waals surface area contributed by atoms with Crippen LogP contribution in [0.1, 0.15) is 95.9 Å². The fourth-order valence-electron chi connectivity index (χ4n) is 3.93. The maximum Gasteiger partial charge on any atom is 0.184 e. The Morgan fingerprint density at radius 1 is 0.588 bits per heavy atom. The molecule has 0 rings (SSSR count). The normalized spacial score (nSPS) is 15.1. The van der Waals surface area contributed by atoms with Gasteiger partial charge >= 0.3 is 0 Å². The Morgan fingerprint density at radius 2 is 0.912 bits per heavy atom. The van der Waals surface area contributed by atoms with E-state index in [4.69, 9.17) is 23.7 Å². The second-order valence-corrected chi connectivity index (χ2v) is 13.1. The van der Waals surface area contributed by atoms with Crippen LogP contribution in [0, 0.1) is 0 Å². The summed E-state index contributed by atoms with van der Waals surface area (Å²) in [5.74, 6) is 0. The van der Waals surface area contributed by atoms with Gasteiger partial charge in [-0.05, 0) is 81.6 Å². The van der Waals surface area contributed by atoms with Gasteiger partial charge < -0.3 is 23.7 Å². The third kappa shape index (κ3) is 14.4. The summed E-state index contributed by atoms with van der Waals surface area (Å²) in [6, 6.07) is 0. The maximum absolute atomic E-state index is 6.31. The summed E-state index contributed by atoms with van der Waals surface area (Å²) >= 11 is 0. The number of hydrogen-bond donors (Lipinski definition) is 0. The Labute approximate surface area is 215 Å². The highest BCUT2D eigenvalue weighted by Crippen LogP contribution is 2.41. The van der Waals surface area contributed by atoms with E-state index in [0.29, 0.717) is 23.8 Å². The average molecular weight is 526 g/mol. The molecule has 34 heavy (non-hydrogen) atoms. The predicted molar refractivity (Wildman–Crippen MR) is 150 cm³/mol. The SMILES string of the molecule is CCOC(C)N(CCPC(CC)(OC(C)C)OC(C)C)CCPC(CC)(OC(C)C)OC(C)C. The molecule has 0 N–H and O–H groups in total. The Hall–Kier alpha value is 0.620. The van der Waals surface area contributed by atoms with Gasteiger partial charge in [-0.1, -0.05) is 31.0 Å². The van der Waals surface area contributed by atoms with Gasteiger partial charge in [0.05, 0.1) is 24.4 Å².